The summed E-state index contributed by atoms with van der Waals surface area (Å²) >= 11 is 0. The lowest BCUT2D eigenvalue weighted by Crippen LogP contribution is -2.34. The SMILES string of the molecule is CCCOc1cncc(C(=O)C2CCCCCC2N)c1. The van der Waals surface area contributed by atoms with Gasteiger partial charge in [0.1, 0.15) is 5.75 Å². The van der Waals surface area contributed by atoms with Crippen LogP contribution < -0.4 is 10.5 Å². The second-order valence-electron chi connectivity index (χ2n) is 5.53. The Morgan fingerprint density at radius 3 is 2.95 bits per heavy atom. The van der Waals surface area contributed by atoms with Crippen LogP contribution in [0.4, 0.5) is 0 Å². The van der Waals surface area contributed by atoms with Crippen molar-refractivity contribution < 1.29 is 9.53 Å². The normalized spacial score (nSPS) is 23.1. The van der Waals surface area contributed by atoms with Crippen LogP contribution in [0.2, 0.25) is 0 Å². The van der Waals surface area contributed by atoms with Gasteiger partial charge in [-0.1, -0.05) is 26.2 Å². The number of pyridine rings is 1. The number of ketones is 1. The maximum atomic E-state index is 12.6. The molecule has 110 valence electrons. The van der Waals surface area contributed by atoms with E-state index in [1.54, 1.807) is 18.5 Å². The van der Waals surface area contributed by atoms with E-state index in [2.05, 4.69) is 4.98 Å². The van der Waals surface area contributed by atoms with E-state index in [4.69, 9.17) is 10.5 Å². The Morgan fingerprint density at radius 1 is 1.35 bits per heavy atom. The number of hydrogen-bond acceptors (Lipinski definition) is 4. The van der Waals surface area contributed by atoms with Gasteiger partial charge < -0.3 is 10.5 Å². The van der Waals surface area contributed by atoms with E-state index >= 15 is 0 Å². The first-order valence-electron chi connectivity index (χ1n) is 7.60. The molecule has 4 nitrogen and oxygen atoms in total. The predicted octanol–water partition coefficient (Wildman–Crippen LogP) is 2.96. The second-order valence-corrected chi connectivity index (χ2v) is 5.53. The van der Waals surface area contributed by atoms with E-state index in [9.17, 15) is 4.79 Å². The van der Waals surface area contributed by atoms with E-state index in [0.717, 1.165) is 32.1 Å². The maximum absolute atomic E-state index is 12.6. The lowest BCUT2D eigenvalue weighted by atomic mass is 9.88. The van der Waals surface area contributed by atoms with Crippen molar-refractivity contribution >= 4 is 5.78 Å². The smallest absolute Gasteiger partial charge is 0.169 e. The van der Waals surface area contributed by atoms with Gasteiger partial charge >= 0.3 is 0 Å². The van der Waals surface area contributed by atoms with Crippen molar-refractivity contribution in [1.82, 2.24) is 4.98 Å². The molecule has 0 bridgehead atoms. The van der Waals surface area contributed by atoms with Gasteiger partial charge in [-0.25, -0.2) is 0 Å². The van der Waals surface area contributed by atoms with Crippen molar-refractivity contribution in [2.45, 2.75) is 51.5 Å². The molecule has 0 aliphatic heterocycles. The average Bonchev–Trinajstić information content (AvgIpc) is 2.69. The van der Waals surface area contributed by atoms with E-state index < -0.39 is 0 Å². The first-order chi connectivity index (χ1) is 9.72. The molecule has 2 unspecified atom stereocenters. The summed E-state index contributed by atoms with van der Waals surface area (Å²) in [4.78, 5) is 16.7. The van der Waals surface area contributed by atoms with Gasteiger partial charge in [-0.2, -0.15) is 0 Å². The number of aromatic nitrogens is 1. The number of rotatable bonds is 5. The van der Waals surface area contributed by atoms with Gasteiger partial charge in [0.25, 0.3) is 0 Å². The lowest BCUT2D eigenvalue weighted by molar-refractivity contribution is 0.0894. The van der Waals surface area contributed by atoms with Crippen LogP contribution in [0.5, 0.6) is 5.75 Å². The quantitative estimate of drug-likeness (QED) is 0.663. The van der Waals surface area contributed by atoms with Gasteiger partial charge in [0, 0.05) is 23.7 Å². The fourth-order valence-corrected chi connectivity index (χ4v) is 2.73. The number of hydrogen-bond donors (Lipinski definition) is 1. The molecule has 1 aliphatic carbocycles. The Balaban J connectivity index is 2.10. The summed E-state index contributed by atoms with van der Waals surface area (Å²) in [5.74, 6) is 0.717. The van der Waals surface area contributed by atoms with Crippen LogP contribution in [0.15, 0.2) is 18.5 Å². The first-order valence-corrected chi connectivity index (χ1v) is 7.60. The van der Waals surface area contributed by atoms with Gasteiger partial charge in [-0.05, 0) is 25.3 Å². The monoisotopic (exact) mass is 276 g/mol. The van der Waals surface area contributed by atoms with Crippen LogP contribution in [-0.4, -0.2) is 23.4 Å². The number of ether oxygens (including phenoxy) is 1. The van der Waals surface area contributed by atoms with Gasteiger partial charge in [0.15, 0.2) is 5.78 Å². The molecular formula is C16H24N2O2. The summed E-state index contributed by atoms with van der Waals surface area (Å²) in [6.07, 6.45) is 9.43. The first kappa shape index (κ1) is 15.0. The third-order valence-electron chi connectivity index (χ3n) is 3.88. The molecule has 2 atom stereocenters. The van der Waals surface area contributed by atoms with Gasteiger partial charge in [0.2, 0.25) is 0 Å². The molecule has 0 amide bonds. The summed E-state index contributed by atoms with van der Waals surface area (Å²) in [6, 6.07) is 1.77. The minimum absolute atomic E-state index is 0.0229. The molecule has 1 aromatic rings. The third kappa shape index (κ3) is 3.79. The van der Waals surface area contributed by atoms with Crippen molar-refractivity contribution in [3.63, 3.8) is 0 Å². The van der Waals surface area contributed by atoms with Gasteiger partial charge in [0.05, 0.1) is 12.8 Å². The van der Waals surface area contributed by atoms with E-state index in [1.807, 2.05) is 6.92 Å². The molecule has 1 aliphatic rings. The van der Waals surface area contributed by atoms with E-state index in [1.165, 1.54) is 6.42 Å². The molecule has 1 aromatic heterocycles. The minimum Gasteiger partial charge on any atom is -0.492 e. The topological polar surface area (TPSA) is 65.2 Å². The molecule has 0 spiro atoms. The van der Waals surface area contributed by atoms with Crippen LogP contribution in [0, 0.1) is 5.92 Å². The maximum Gasteiger partial charge on any atom is 0.169 e. The van der Waals surface area contributed by atoms with Gasteiger partial charge in [-0.3, -0.25) is 9.78 Å². The zero-order chi connectivity index (χ0) is 14.4. The minimum atomic E-state index is -0.0688. The van der Waals surface area contributed by atoms with E-state index in [0.29, 0.717) is 17.9 Å². The third-order valence-corrected chi connectivity index (χ3v) is 3.88. The molecule has 2 N–H and O–H groups in total. The number of nitrogens with two attached hydrogens (primary N) is 1. The Bertz CT molecular complexity index is 448. The largest absolute Gasteiger partial charge is 0.492 e. The molecule has 2 rings (SSSR count). The van der Waals surface area contributed by atoms with Crippen molar-refractivity contribution in [2.24, 2.45) is 11.7 Å². The molecule has 0 aromatic carbocycles. The highest BCUT2D eigenvalue weighted by Gasteiger charge is 2.28. The Labute approximate surface area is 120 Å². The fraction of sp³-hybridized carbons (Fsp3) is 0.625. The van der Waals surface area contributed by atoms with Crippen molar-refractivity contribution in [1.29, 1.82) is 0 Å². The molecule has 20 heavy (non-hydrogen) atoms. The van der Waals surface area contributed by atoms with Crippen LogP contribution in [0.25, 0.3) is 0 Å². The van der Waals surface area contributed by atoms with Crippen molar-refractivity contribution in [3.05, 3.63) is 24.0 Å². The summed E-state index contributed by atoms with van der Waals surface area (Å²) < 4.78 is 5.54. The summed E-state index contributed by atoms with van der Waals surface area (Å²) in [5.41, 5.74) is 6.79. The van der Waals surface area contributed by atoms with Gasteiger partial charge in [-0.15, -0.1) is 0 Å². The number of carbonyl (C=O) groups excluding carboxylic acids is 1. The Hall–Kier alpha value is -1.42. The van der Waals surface area contributed by atoms with E-state index in [-0.39, 0.29) is 17.7 Å². The Kier molecular flexibility index (Phi) is 5.53. The highest BCUT2D eigenvalue weighted by Crippen LogP contribution is 2.26. The lowest BCUT2D eigenvalue weighted by Gasteiger charge is -2.20. The molecule has 4 heteroatoms. The number of nitrogens with zero attached hydrogens (tertiary/aromatic N) is 1. The molecular weight excluding hydrogens is 252 g/mol. The highest BCUT2D eigenvalue weighted by molar-refractivity contribution is 5.98. The molecule has 0 radical (unpaired) electrons. The molecule has 1 fully saturated rings. The fourth-order valence-electron chi connectivity index (χ4n) is 2.73. The van der Waals surface area contributed by atoms with Crippen molar-refractivity contribution in [2.75, 3.05) is 6.61 Å². The second kappa shape index (κ2) is 7.39. The van der Waals surface area contributed by atoms with Crippen LogP contribution in [0.1, 0.15) is 55.8 Å². The highest BCUT2D eigenvalue weighted by atomic mass is 16.5. The zero-order valence-electron chi connectivity index (χ0n) is 12.2. The molecule has 0 saturated heterocycles. The standard InChI is InChI=1S/C16H24N2O2/c1-2-8-20-13-9-12(10-18-11-13)16(19)14-6-4-3-5-7-15(14)17/h9-11,14-15H,2-8,17H2,1H3. The number of carbonyl (C=O) groups is 1. The van der Waals surface area contributed by atoms with Crippen LogP contribution in [-0.2, 0) is 0 Å². The molecule has 1 saturated carbocycles. The molecule has 1 heterocycles. The van der Waals surface area contributed by atoms with Crippen LogP contribution in [0.3, 0.4) is 0 Å². The van der Waals surface area contributed by atoms with Crippen molar-refractivity contribution in [3.8, 4) is 5.75 Å². The summed E-state index contributed by atoms with van der Waals surface area (Å²) in [7, 11) is 0. The van der Waals surface area contributed by atoms with Crippen LogP contribution >= 0.6 is 0 Å². The Morgan fingerprint density at radius 2 is 2.15 bits per heavy atom. The average molecular weight is 276 g/mol. The summed E-state index contributed by atoms with van der Waals surface area (Å²) in [5, 5.41) is 0. The summed E-state index contributed by atoms with van der Waals surface area (Å²) in [6.45, 7) is 2.69. The predicted molar refractivity (Wildman–Crippen MR) is 78.9 cm³/mol. The zero-order valence-corrected chi connectivity index (χ0v) is 12.2. The number of Topliss-reactive ketones (excluding diaryl/α,β-unsaturated/α-hetero) is 1.